The normalized spacial score (nSPS) is 15.1. The molecule has 0 saturated heterocycles. The SMILES string of the molecule is C1=CCCC(c2c3ccccc3c(-c3cc4c5c(ccc6cccc3c65)=CCC4)c3ccccc23)=C1. The van der Waals surface area contributed by atoms with Gasteiger partial charge >= 0.3 is 0 Å². The Morgan fingerprint density at radius 1 is 0.556 bits per heavy atom. The second-order valence-electron chi connectivity index (χ2n) is 10.3. The third-order valence-corrected chi connectivity index (χ3v) is 8.32. The van der Waals surface area contributed by atoms with Crippen LogP contribution in [0.2, 0.25) is 0 Å². The fourth-order valence-corrected chi connectivity index (χ4v) is 6.82. The molecule has 0 radical (unpaired) electrons. The Balaban J connectivity index is 1.59. The van der Waals surface area contributed by atoms with Gasteiger partial charge in [-0.1, -0.05) is 103 Å². The number of hydrogen-bond acceptors (Lipinski definition) is 0. The Labute approximate surface area is 210 Å². The van der Waals surface area contributed by atoms with E-state index >= 15 is 0 Å². The molecule has 0 bridgehead atoms. The van der Waals surface area contributed by atoms with Crippen molar-refractivity contribution in [1.82, 2.24) is 0 Å². The zero-order chi connectivity index (χ0) is 23.6. The lowest BCUT2D eigenvalue weighted by Crippen LogP contribution is -2.10. The van der Waals surface area contributed by atoms with Crippen molar-refractivity contribution in [2.75, 3.05) is 0 Å². The van der Waals surface area contributed by atoms with Gasteiger partial charge in [0.2, 0.25) is 0 Å². The lowest BCUT2D eigenvalue weighted by molar-refractivity contribution is 1.04. The highest BCUT2D eigenvalue weighted by Crippen LogP contribution is 2.46. The monoisotopic (exact) mass is 458 g/mol. The van der Waals surface area contributed by atoms with E-state index in [2.05, 4.69) is 109 Å². The van der Waals surface area contributed by atoms with E-state index in [4.69, 9.17) is 0 Å². The maximum Gasteiger partial charge on any atom is -0.00200 e. The molecule has 6 aromatic carbocycles. The third kappa shape index (κ3) is 2.76. The van der Waals surface area contributed by atoms with Crippen molar-refractivity contribution < 1.29 is 0 Å². The molecule has 0 amide bonds. The third-order valence-electron chi connectivity index (χ3n) is 8.32. The van der Waals surface area contributed by atoms with Gasteiger partial charge in [0.25, 0.3) is 0 Å². The highest BCUT2D eigenvalue weighted by Gasteiger charge is 2.21. The van der Waals surface area contributed by atoms with Crippen LogP contribution in [0.4, 0.5) is 0 Å². The number of fused-ring (bicyclic) bond motifs is 2. The summed E-state index contributed by atoms with van der Waals surface area (Å²) in [4.78, 5) is 0. The highest BCUT2D eigenvalue weighted by molar-refractivity contribution is 6.24. The molecule has 0 spiro atoms. The second-order valence-corrected chi connectivity index (χ2v) is 10.3. The lowest BCUT2D eigenvalue weighted by Gasteiger charge is -2.23. The topological polar surface area (TPSA) is 0 Å². The number of allylic oxidation sites excluding steroid dienone is 4. The van der Waals surface area contributed by atoms with Gasteiger partial charge < -0.3 is 0 Å². The van der Waals surface area contributed by atoms with E-state index in [1.807, 2.05) is 0 Å². The maximum absolute atomic E-state index is 2.52. The summed E-state index contributed by atoms with van der Waals surface area (Å²) >= 11 is 0. The Bertz CT molecular complexity index is 1920. The number of hydrogen-bond donors (Lipinski definition) is 0. The molecule has 0 atom stereocenters. The first-order valence-corrected chi connectivity index (χ1v) is 13.2. The molecule has 0 aliphatic heterocycles. The van der Waals surface area contributed by atoms with E-state index < -0.39 is 0 Å². The Morgan fingerprint density at radius 3 is 2.00 bits per heavy atom. The molecule has 0 fully saturated rings. The van der Waals surface area contributed by atoms with Gasteiger partial charge in [-0.3, -0.25) is 0 Å². The average Bonchev–Trinajstić information content (AvgIpc) is 2.95. The molecule has 0 aromatic heterocycles. The van der Waals surface area contributed by atoms with Crippen molar-refractivity contribution in [2.24, 2.45) is 0 Å². The molecular formula is C36H26. The van der Waals surface area contributed by atoms with Crippen LogP contribution in [0.15, 0.2) is 103 Å². The molecule has 2 aliphatic carbocycles. The molecule has 6 aromatic rings. The van der Waals surface area contributed by atoms with Crippen molar-refractivity contribution in [1.29, 1.82) is 0 Å². The summed E-state index contributed by atoms with van der Waals surface area (Å²) in [5.41, 5.74) is 7.10. The predicted molar refractivity (Wildman–Crippen MR) is 156 cm³/mol. The van der Waals surface area contributed by atoms with Crippen molar-refractivity contribution in [3.63, 3.8) is 0 Å². The van der Waals surface area contributed by atoms with Crippen LogP contribution >= 0.6 is 0 Å². The van der Waals surface area contributed by atoms with E-state index in [0.29, 0.717) is 0 Å². The summed E-state index contributed by atoms with van der Waals surface area (Å²) in [7, 11) is 0. The highest BCUT2D eigenvalue weighted by atomic mass is 14.2. The Morgan fingerprint density at radius 2 is 1.28 bits per heavy atom. The zero-order valence-corrected chi connectivity index (χ0v) is 20.2. The summed E-state index contributed by atoms with van der Waals surface area (Å²) in [5.74, 6) is 0. The number of benzene rings is 6. The Hall–Kier alpha value is -4.16. The van der Waals surface area contributed by atoms with Gasteiger partial charge in [0.1, 0.15) is 0 Å². The van der Waals surface area contributed by atoms with Gasteiger partial charge in [0.15, 0.2) is 0 Å². The molecule has 0 unspecified atom stereocenters. The van der Waals surface area contributed by atoms with Gasteiger partial charge in [0.05, 0.1) is 0 Å². The largest absolute Gasteiger partial charge is 0.0842 e. The van der Waals surface area contributed by atoms with Crippen LogP contribution in [0.5, 0.6) is 0 Å². The van der Waals surface area contributed by atoms with Crippen molar-refractivity contribution in [2.45, 2.75) is 25.7 Å². The van der Waals surface area contributed by atoms with E-state index in [1.54, 1.807) is 0 Å². The molecular weight excluding hydrogens is 432 g/mol. The minimum atomic E-state index is 1.09. The van der Waals surface area contributed by atoms with Gasteiger partial charge in [-0.2, -0.15) is 0 Å². The summed E-state index contributed by atoms with van der Waals surface area (Å²) in [6.45, 7) is 0. The molecule has 0 N–H and O–H groups in total. The minimum absolute atomic E-state index is 1.09. The molecule has 36 heavy (non-hydrogen) atoms. The fraction of sp³-hybridized carbons (Fsp3) is 0.111. The first-order valence-electron chi connectivity index (χ1n) is 13.2. The van der Waals surface area contributed by atoms with Crippen molar-refractivity contribution in [3.05, 3.63) is 120 Å². The number of aryl methyl sites for hydroxylation is 1. The van der Waals surface area contributed by atoms with Crippen LogP contribution in [0.3, 0.4) is 0 Å². The van der Waals surface area contributed by atoms with Crippen LogP contribution in [0.1, 0.15) is 30.4 Å². The van der Waals surface area contributed by atoms with Crippen LogP contribution in [-0.2, 0) is 6.42 Å². The van der Waals surface area contributed by atoms with Crippen LogP contribution in [0.25, 0.3) is 65.9 Å². The molecule has 0 nitrogen and oxygen atoms in total. The Kier molecular flexibility index (Phi) is 4.28. The van der Waals surface area contributed by atoms with Gasteiger partial charge in [0, 0.05) is 0 Å². The molecule has 2 aliphatic rings. The quantitative estimate of drug-likeness (QED) is 0.227. The maximum atomic E-state index is 2.52. The van der Waals surface area contributed by atoms with Crippen LogP contribution in [0, 0.1) is 0 Å². The van der Waals surface area contributed by atoms with Gasteiger partial charge in [-0.15, -0.1) is 0 Å². The van der Waals surface area contributed by atoms with E-state index in [1.165, 1.54) is 76.1 Å². The standard InChI is InChI=1S/C36H26/c1-2-10-23(11-3-1)34-27-15-4-6-17-29(27)36(30-18-7-5-16-28(30)34)32-22-26-14-8-12-24-20-21-25-13-9-19-31(32)35(25)33(24)26/h1-2,4-7,9-10,12-13,15-22H,3,8,11,14H2. The van der Waals surface area contributed by atoms with E-state index in [-0.39, 0.29) is 0 Å². The number of rotatable bonds is 2. The first-order chi connectivity index (χ1) is 17.9. The van der Waals surface area contributed by atoms with Crippen LogP contribution < -0.4 is 5.22 Å². The summed E-state index contributed by atoms with van der Waals surface area (Å²) in [6, 6.07) is 32.1. The molecule has 0 saturated carbocycles. The van der Waals surface area contributed by atoms with E-state index in [9.17, 15) is 0 Å². The molecule has 170 valence electrons. The molecule has 8 rings (SSSR count). The first kappa shape index (κ1) is 20.1. The van der Waals surface area contributed by atoms with Crippen molar-refractivity contribution in [3.8, 4) is 11.1 Å². The molecule has 0 heteroatoms. The lowest BCUT2D eigenvalue weighted by atomic mass is 9.81. The zero-order valence-electron chi connectivity index (χ0n) is 20.2. The van der Waals surface area contributed by atoms with Gasteiger partial charge in [-0.25, -0.2) is 0 Å². The predicted octanol–water partition coefficient (Wildman–Crippen LogP) is 9.15. The van der Waals surface area contributed by atoms with Crippen molar-refractivity contribution >= 4 is 54.7 Å². The summed E-state index contributed by atoms with van der Waals surface area (Å²) in [6.07, 6.45) is 13.7. The second kappa shape index (κ2) is 7.67. The summed E-state index contributed by atoms with van der Waals surface area (Å²) < 4.78 is 0. The minimum Gasteiger partial charge on any atom is -0.0842 e. The van der Waals surface area contributed by atoms with E-state index in [0.717, 1.165) is 25.7 Å². The van der Waals surface area contributed by atoms with Crippen LogP contribution in [-0.4, -0.2) is 0 Å². The smallest absolute Gasteiger partial charge is 0.00200 e. The summed E-state index contributed by atoms with van der Waals surface area (Å²) in [5, 5.41) is 12.4. The fourth-order valence-electron chi connectivity index (χ4n) is 6.82. The molecule has 0 heterocycles. The average molecular weight is 459 g/mol. The van der Waals surface area contributed by atoms with Gasteiger partial charge in [-0.05, 0) is 108 Å².